The molecule has 4 heteroatoms. The highest BCUT2D eigenvalue weighted by molar-refractivity contribution is 5.67. The van der Waals surface area contributed by atoms with Crippen LogP contribution in [0.25, 0.3) is 11.1 Å². The van der Waals surface area contributed by atoms with E-state index in [1.165, 1.54) is 7.11 Å². The molecule has 0 radical (unpaired) electrons. The van der Waals surface area contributed by atoms with Crippen molar-refractivity contribution in [1.82, 2.24) is 0 Å². The first-order chi connectivity index (χ1) is 9.15. The van der Waals surface area contributed by atoms with E-state index in [0.29, 0.717) is 16.9 Å². The summed E-state index contributed by atoms with van der Waals surface area (Å²) < 4.78 is 32.0. The molecule has 2 nitrogen and oxygen atoms in total. The molecular weight excluding hydrogens is 248 g/mol. The van der Waals surface area contributed by atoms with Gasteiger partial charge in [-0.3, -0.25) is 0 Å². The van der Waals surface area contributed by atoms with E-state index < -0.39 is 11.6 Å². The van der Waals surface area contributed by atoms with Crippen molar-refractivity contribution in [2.75, 3.05) is 7.11 Å². The van der Waals surface area contributed by atoms with Gasteiger partial charge in [0, 0.05) is 11.1 Å². The molecule has 0 bridgehead atoms. The van der Waals surface area contributed by atoms with Crippen LogP contribution < -0.4 is 4.74 Å². The minimum absolute atomic E-state index is 0.168. The average molecular weight is 259 g/mol. The Hall–Kier alpha value is -2.41. The minimum atomic E-state index is -0.503. The molecule has 0 atom stereocenters. The third kappa shape index (κ3) is 2.71. The number of methoxy groups -OCH3 is 1. The van der Waals surface area contributed by atoms with E-state index in [2.05, 4.69) is 0 Å². The van der Waals surface area contributed by atoms with Crippen LogP contribution in [0.5, 0.6) is 5.75 Å². The maximum absolute atomic E-state index is 13.7. The number of nitrogens with zero attached hydrogens (tertiary/aromatic N) is 1. The molecule has 0 heterocycles. The largest absolute Gasteiger partial charge is 0.496 e. The SMILES string of the molecule is COc1cc(-c2cc(F)ccc2F)ccc1CC#N. The fourth-order valence-electron chi connectivity index (χ4n) is 1.86. The lowest BCUT2D eigenvalue weighted by Gasteiger charge is -2.09. The summed E-state index contributed by atoms with van der Waals surface area (Å²) in [5, 5.41) is 8.69. The quantitative estimate of drug-likeness (QED) is 0.841. The van der Waals surface area contributed by atoms with Gasteiger partial charge in [0.1, 0.15) is 17.4 Å². The summed E-state index contributed by atoms with van der Waals surface area (Å²) in [6.45, 7) is 0. The summed E-state index contributed by atoms with van der Waals surface area (Å²) in [4.78, 5) is 0. The van der Waals surface area contributed by atoms with Crippen LogP contribution in [0.2, 0.25) is 0 Å². The lowest BCUT2D eigenvalue weighted by Crippen LogP contribution is -1.93. The molecule has 0 aliphatic heterocycles. The first kappa shape index (κ1) is 13.0. The van der Waals surface area contributed by atoms with E-state index in [1.54, 1.807) is 18.2 Å². The molecule has 0 spiro atoms. The van der Waals surface area contributed by atoms with E-state index in [9.17, 15) is 8.78 Å². The van der Waals surface area contributed by atoms with Gasteiger partial charge in [-0.1, -0.05) is 12.1 Å². The molecule has 2 aromatic rings. The molecule has 0 N–H and O–H groups in total. The molecule has 2 aromatic carbocycles. The van der Waals surface area contributed by atoms with Gasteiger partial charge in [0.25, 0.3) is 0 Å². The number of hydrogen-bond donors (Lipinski definition) is 0. The van der Waals surface area contributed by atoms with Crippen molar-refractivity contribution < 1.29 is 13.5 Å². The van der Waals surface area contributed by atoms with Crippen LogP contribution in [0.15, 0.2) is 36.4 Å². The van der Waals surface area contributed by atoms with E-state index >= 15 is 0 Å². The van der Waals surface area contributed by atoms with Gasteiger partial charge in [-0.15, -0.1) is 0 Å². The predicted octanol–water partition coefficient (Wildman–Crippen LogP) is 3.71. The highest BCUT2D eigenvalue weighted by Gasteiger charge is 2.10. The summed E-state index contributed by atoms with van der Waals surface area (Å²) in [5.41, 5.74) is 1.39. The van der Waals surface area contributed by atoms with Crippen molar-refractivity contribution in [3.8, 4) is 22.9 Å². The molecule has 96 valence electrons. The maximum atomic E-state index is 13.7. The number of rotatable bonds is 3. The van der Waals surface area contributed by atoms with Crippen LogP contribution in [-0.4, -0.2) is 7.11 Å². The molecule has 0 unspecified atom stereocenters. The lowest BCUT2D eigenvalue weighted by atomic mass is 10.0. The van der Waals surface area contributed by atoms with Gasteiger partial charge in [-0.2, -0.15) is 5.26 Å². The molecule has 0 aliphatic rings. The van der Waals surface area contributed by atoms with E-state index in [4.69, 9.17) is 10.00 Å². The van der Waals surface area contributed by atoms with Crippen molar-refractivity contribution in [1.29, 1.82) is 5.26 Å². The molecule has 0 aromatic heterocycles. The van der Waals surface area contributed by atoms with E-state index in [1.807, 2.05) is 6.07 Å². The van der Waals surface area contributed by atoms with Gasteiger partial charge >= 0.3 is 0 Å². The summed E-state index contributed by atoms with van der Waals surface area (Å²) in [6.07, 6.45) is 0.203. The van der Waals surface area contributed by atoms with Gasteiger partial charge in [0.2, 0.25) is 0 Å². The first-order valence-electron chi connectivity index (χ1n) is 5.65. The Morgan fingerprint density at radius 3 is 2.63 bits per heavy atom. The Bertz CT molecular complexity index is 647. The van der Waals surface area contributed by atoms with Crippen LogP contribution in [0.3, 0.4) is 0 Å². The highest BCUT2D eigenvalue weighted by atomic mass is 19.1. The Morgan fingerprint density at radius 2 is 1.95 bits per heavy atom. The monoisotopic (exact) mass is 259 g/mol. The third-order valence-corrected chi connectivity index (χ3v) is 2.80. The van der Waals surface area contributed by atoms with Crippen LogP contribution >= 0.6 is 0 Å². The minimum Gasteiger partial charge on any atom is -0.496 e. The lowest BCUT2D eigenvalue weighted by molar-refractivity contribution is 0.411. The molecule has 0 amide bonds. The Labute approximate surface area is 109 Å². The smallest absolute Gasteiger partial charge is 0.131 e. The zero-order valence-corrected chi connectivity index (χ0v) is 10.3. The topological polar surface area (TPSA) is 33.0 Å². The van der Waals surface area contributed by atoms with Crippen LogP contribution in [0.1, 0.15) is 5.56 Å². The summed E-state index contributed by atoms with van der Waals surface area (Å²) in [6, 6.07) is 10.2. The highest BCUT2D eigenvalue weighted by Crippen LogP contribution is 2.29. The van der Waals surface area contributed by atoms with Gasteiger partial charge in [-0.05, 0) is 29.8 Å². The summed E-state index contributed by atoms with van der Waals surface area (Å²) >= 11 is 0. The summed E-state index contributed by atoms with van der Waals surface area (Å²) in [5.74, 6) is -0.518. The second-order valence-corrected chi connectivity index (χ2v) is 3.99. The zero-order valence-electron chi connectivity index (χ0n) is 10.3. The number of benzene rings is 2. The van der Waals surface area contributed by atoms with E-state index in [-0.39, 0.29) is 12.0 Å². The molecule has 19 heavy (non-hydrogen) atoms. The fraction of sp³-hybridized carbons (Fsp3) is 0.133. The normalized spacial score (nSPS) is 10.0. The van der Waals surface area contributed by atoms with Crippen LogP contribution in [-0.2, 0) is 6.42 Å². The van der Waals surface area contributed by atoms with Crippen molar-refractivity contribution in [2.45, 2.75) is 6.42 Å². The number of nitriles is 1. The molecule has 0 saturated carbocycles. The number of halogens is 2. The second-order valence-electron chi connectivity index (χ2n) is 3.99. The average Bonchev–Trinajstić information content (AvgIpc) is 2.42. The van der Waals surface area contributed by atoms with Crippen molar-refractivity contribution in [3.63, 3.8) is 0 Å². The van der Waals surface area contributed by atoms with Crippen molar-refractivity contribution in [3.05, 3.63) is 53.6 Å². The van der Waals surface area contributed by atoms with Crippen LogP contribution in [0, 0.1) is 23.0 Å². The Morgan fingerprint density at radius 1 is 1.16 bits per heavy atom. The van der Waals surface area contributed by atoms with E-state index in [0.717, 1.165) is 18.2 Å². The van der Waals surface area contributed by atoms with Gasteiger partial charge in [0.15, 0.2) is 0 Å². The predicted molar refractivity (Wildman–Crippen MR) is 67.7 cm³/mol. The van der Waals surface area contributed by atoms with Gasteiger partial charge in [0.05, 0.1) is 19.6 Å². The third-order valence-electron chi connectivity index (χ3n) is 2.80. The Kier molecular flexibility index (Phi) is 3.76. The molecule has 0 aliphatic carbocycles. The van der Waals surface area contributed by atoms with Crippen molar-refractivity contribution in [2.24, 2.45) is 0 Å². The maximum Gasteiger partial charge on any atom is 0.131 e. The zero-order chi connectivity index (χ0) is 13.8. The Balaban J connectivity index is 2.52. The molecule has 2 rings (SSSR count). The molecule has 0 saturated heterocycles. The van der Waals surface area contributed by atoms with Gasteiger partial charge < -0.3 is 4.74 Å². The number of hydrogen-bond acceptors (Lipinski definition) is 2. The second kappa shape index (κ2) is 5.49. The van der Waals surface area contributed by atoms with Gasteiger partial charge in [-0.25, -0.2) is 8.78 Å². The standard InChI is InChI=1S/C15H11F2NO/c1-19-15-8-11(3-2-10(15)6-7-18)13-9-12(16)4-5-14(13)17/h2-5,8-9H,6H2,1H3. The molecular formula is C15H11F2NO. The van der Waals surface area contributed by atoms with Crippen molar-refractivity contribution >= 4 is 0 Å². The van der Waals surface area contributed by atoms with Crippen LogP contribution in [0.4, 0.5) is 8.78 Å². The first-order valence-corrected chi connectivity index (χ1v) is 5.65. The fourth-order valence-corrected chi connectivity index (χ4v) is 1.86. The number of ether oxygens (including phenoxy) is 1. The summed E-state index contributed by atoms with van der Waals surface area (Å²) in [7, 11) is 1.47. The molecule has 0 fully saturated rings.